The zero-order chi connectivity index (χ0) is 23.5. The summed E-state index contributed by atoms with van der Waals surface area (Å²) in [7, 11) is 1.59. The molecule has 1 aliphatic rings. The predicted molar refractivity (Wildman–Crippen MR) is 129 cm³/mol. The third-order valence-corrected chi connectivity index (χ3v) is 6.39. The topological polar surface area (TPSA) is 69.9 Å². The number of carbonyl (C=O) groups is 1. The van der Waals surface area contributed by atoms with E-state index >= 15 is 0 Å². The van der Waals surface area contributed by atoms with Gasteiger partial charge in [-0.25, -0.2) is 9.79 Å². The number of halogens is 1. The number of rotatable bonds is 6. The monoisotopic (exact) mass is 480 g/mol. The minimum absolute atomic E-state index is 0.0587. The fourth-order valence-electron chi connectivity index (χ4n) is 3.64. The Kier molecular flexibility index (Phi) is 6.62. The van der Waals surface area contributed by atoms with E-state index in [2.05, 4.69) is 11.6 Å². The summed E-state index contributed by atoms with van der Waals surface area (Å²) < 4.78 is 12.6. The first-order chi connectivity index (χ1) is 15.9. The van der Waals surface area contributed by atoms with Crippen molar-refractivity contribution in [3.8, 4) is 5.75 Å². The Hall–Kier alpha value is -3.42. The van der Waals surface area contributed by atoms with E-state index in [1.807, 2.05) is 24.3 Å². The van der Waals surface area contributed by atoms with Gasteiger partial charge < -0.3 is 9.47 Å². The van der Waals surface area contributed by atoms with Crippen molar-refractivity contribution in [3.63, 3.8) is 0 Å². The molecule has 1 atom stereocenters. The number of fused-ring (bicyclic) bond motifs is 1. The number of aromatic nitrogens is 1. The van der Waals surface area contributed by atoms with Gasteiger partial charge in [-0.3, -0.25) is 9.36 Å². The van der Waals surface area contributed by atoms with Crippen molar-refractivity contribution >= 4 is 35.0 Å². The summed E-state index contributed by atoms with van der Waals surface area (Å²) in [6, 6.07) is 13.8. The molecule has 2 heterocycles. The van der Waals surface area contributed by atoms with Crippen molar-refractivity contribution in [1.29, 1.82) is 0 Å². The summed E-state index contributed by atoms with van der Waals surface area (Å²) in [6.45, 7) is 5.39. The van der Waals surface area contributed by atoms with Crippen molar-refractivity contribution in [3.05, 3.63) is 108 Å². The van der Waals surface area contributed by atoms with E-state index in [9.17, 15) is 9.59 Å². The second-order valence-corrected chi connectivity index (χ2v) is 8.74. The maximum Gasteiger partial charge on any atom is 0.338 e. The number of thiazole rings is 1. The highest BCUT2D eigenvalue weighted by Gasteiger charge is 2.33. The van der Waals surface area contributed by atoms with Crippen LogP contribution in [0.2, 0.25) is 5.02 Å². The van der Waals surface area contributed by atoms with Crippen molar-refractivity contribution in [2.45, 2.75) is 13.0 Å². The molecule has 168 valence electrons. The maximum atomic E-state index is 13.5. The molecule has 0 aliphatic carbocycles. The molecular weight excluding hydrogens is 460 g/mol. The Morgan fingerprint density at radius 3 is 2.73 bits per heavy atom. The van der Waals surface area contributed by atoms with Gasteiger partial charge in [0, 0.05) is 5.02 Å². The highest BCUT2D eigenvalue weighted by Crippen LogP contribution is 2.31. The Balaban J connectivity index is 1.92. The smallest absolute Gasteiger partial charge is 0.338 e. The second-order valence-electron chi connectivity index (χ2n) is 7.30. The van der Waals surface area contributed by atoms with Crippen molar-refractivity contribution in [2.75, 3.05) is 13.7 Å². The molecule has 1 aromatic heterocycles. The minimum atomic E-state index is -0.691. The largest absolute Gasteiger partial charge is 0.497 e. The zero-order valence-corrected chi connectivity index (χ0v) is 19.7. The summed E-state index contributed by atoms with van der Waals surface area (Å²) in [6.07, 6.45) is 3.29. The number of esters is 1. The van der Waals surface area contributed by atoms with Gasteiger partial charge in [0.2, 0.25) is 0 Å². The van der Waals surface area contributed by atoms with E-state index in [1.54, 1.807) is 44.4 Å². The Morgan fingerprint density at radius 2 is 2.03 bits per heavy atom. The number of nitrogens with zero attached hydrogens (tertiary/aromatic N) is 2. The van der Waals surface area contributed by atoms with Crippen LogP contribution in [0.1, 0.15) is 24.1 Å². The van der Waals surface area contributed by atoms with E-state index < -0.39 is 12.0 Å². The molecule has 0 amide bonds. The first-order valence-electron chi connectivity index (χ1n) is 10.1. The normalized spacial score (nSPS) is 15.6. The molecule has 1 aliphatic heterocycles. The van der Waals surface area contributed by atoms with Gasteiger partial charge in [0.25, 0.3) is 5.56 Å². The average Bonchev–Trinajstić information content (AvgIpc) is 3.11. The minimum Gasteiger partial charge on any atom is -0.497 e. The third kappa shape index (κ3) is 4.55. The van der Waals surface area contributed by atoms with Gasteiger partial charge in [0.05, 0.1) is 29.0 Å². The summed E-state index contributed by atoms with van der Waals surface area (Å²) >= 11 is 7.35. The molecule has 0 fully saturated rings. The van der Waals surface area contributed by atoms with Crippen LogP contribution in [0.4, 0.5) is 0 Å². The Labute approximate surface area is 199 Å². The Morgan fingerprint density at radius 1 is 1.27 bits per heavy atom. The molecule has 0 bridgehead atoms. The summed E-state index contributed by atoms with van der Waals surface area (Å²) in [5.41, 5.74) is 2.11. The van der Waals surface area contributed by atoms with Crippen LogP contribution >= 0.6 is 22.9 Å². The highest BCUT2D eigenvalue weighted by molar-refractivity contribution is 7.07. The number of hydrogen-bond acceptors (Lipinski definition) is 6. The zero-order valence-electron chi connectivity index (χ0n) is 18.1. The van der Waals surface area contributed by atoms with Crippen molar-refractivity contribution in [1.82, 2.24) is 4.57 Å². The average molecular weight is 481 g/mol. The fourth-order valence-corrected chi connectivity index (χ4v) is 4.81. The number of hydrogen-bond donors (Lipinski definition) is 0. The van der Waals surface area contributed by atoms with Crippen LogP contribution in [0.5, 0.6) is 5.75 Å². The van der Waals surface area contributed by atoms with Crippen LogP contribution in [0.3, 0.4) is 0 Å². The van der Waals surface area contributed by atoms with Gasteiger partial charge in [0.1, 0.15) is 12.4 Å². The molecule has 33 heavy (non-hydrogen) atoms. The predicted octanol–water partition coefficient (Wildman–Crippen LogP) is 3.63. The van der Waals surface area contributed by atoms with Crippen LogP contribution in [-0.2, 0) is 9.53 Å². The molecule has 0 saturated heterocycles. The Bertz CT molecular complexity index is 1430. The molecule has 0 spiro atoms. The number of benzene rings is 2. The first-order valence-corrected chi connectivity index (χ1v) is 11.3. The molecule has 0 N–H and O–H groups in total. The molecule has 2 aromatic carbocycles. The van der Waals surface area contributed by atoms with Crippen LogP contribution in [0, 0.1) is 0 Å². The molecular formula is C25H21ClN2O4S. The molecule has 3 aromatic rings. The highest BCUT2D eigenvalue weighted by atomic mass is 35.5. The number of carbonyl (C=O) groups excluding carboxylic acids is 1. The molecule has 8 heteroatoms. The first kappa shape index (κ1) is 22.8. The fraction of sp³-hybridized carbons (Fsp3) is 0.160. The lowest BCUT2D eigenvalue weighted by molar-refractivity contribution is -0.138. The number of methoxy groups -OCH3 is 1. The van der Waals surface area contributed by atoms with Gasteiger partial charge in [-0.2, -0.15) is 0 Å². The molecule has 6 nitrogen and oxygen atoms in total. The lowest BCUT2D eigenvalue weighted by Crippen LogP contribution is -2.39. The van der Waals surface area contributed by atoms with E-state index in [4.69, 9.17) is 21.1 Å². The summed E-state index contributed by atoms with van der Waals surface area (Å²) in [5.74, 6) is 0.150. The lowest BCUT2D eigenvalue weighted by atomic mass is 9.96. The van der Waals surface area contributed by atoms with Gasteiger partial charge >= 0.3 is 5.97 Å². The third-order valence-electron chi connectivity index (χ3n) is 5.15. The quantitative estimate of drug-likeness (QED) is 0.399. The number of allylic oxidation sites excluding steroid dienone is 1. The van der Waals surface area contributed by atoms with Crippen LogP contribution in [0.15, 0.2) is 82.2 Å². The molecule has 4 rings (SSSR count). The van der Waals surface area contributed by atoms with Gasteiger partial charge in [-0.1, -0.05) is 59.9 Å². The van der Waals surface area contributed by atoms with E-state index in [0.717, 1.165) is 11.1 Å². The second kappa shape index (κ2) is 9.60. The SMILES string of the molecule is C=CCOC(=O)C1=C(C)N=c2sc(=Cc3cccc(OC)c3)c(=O)n2C1c1ccc(Cl)cc1. The molecule has 0 radical (unpaired) electrons. The van der Waals surface area contributed by atoms with Gasteiger partial charge in [0.15, 0.2) is 4.80 Å². The van der Waals surface area contributed by atoms with Crippen LogP contribution in [0.25, 0.3) is 6.08 Å². The van der Waals surface area contributed by atoms with Crippen LogP contribution in [-0.4, -0.2) is 24.3 Å². The maximum absolute atomic E-state index is 13.5. The van der Waals surface area contributed by atoms with E-state index in [1.165, 1.54) is 22.0 Å². The lowest BCUT2D eigenvalue weighted by Gasteiger charge is -2.24. The van der Waals surface area contributed by atoms with E-state index in [-0.39, 0.29) is 12.2 Å². The van der Waals surface area contributed by atoms with Gasteiger partial charge in [-0.05, 0) is 48.4 Å². The summed E-state index contributed by atoms with van der Waals surface area (Å²) in [5, 5.41) is 0.556. The van der Waals surface area contributed by atoms with Crippen molar-refractivity contribution < 1.29 is 14.3 Å². The standard InChI is InChI=1S/C25H21ClN2O4S/c1-4-12-32-24(30)21-15(2)27-25-28(22(21)17-8-10-18(26)11-9-17)23(29)20(33-25)14-16-6-5-7-19(13-16)31-3/h4-11,13-14,22H,1,12H2,2-3H3. The van der Waals surface area contributed by atoms with Gasteiger partial charge in [-0.15, -0.1) is 0 Å². The van der Waals surface area contributed by atoms with Crippen molar-refractivity contribution in [2.24, 2.45) is 4.99 Å². The molecule has 0 saturated carbocycles. The molecule has 1 unspecified atom stereocenters. The number of ether oxygens (including phenoxy) is 2. The van der Waals surface area contributed by atoms with Crippen LogP contribution < -0.4 is 19.6 Å². The van der Waals surface area contributed by atoms with E-state index in [0.29, 0.717) is 31.4 Å². The summed E-state index contributed by atoms with van der Waals surface area (Å²) in [4.78, 5) is 31.6.